The molecule has 6 unspecified atom stereocenters. The minimum atomic E-state index is -1.30. The first-order valence-electron chi connectivity index (χ1n) is 25.8. The van der Waals surface area contributed by atoms with E-state index in [-0.39, 0.29) is 36.4 Å². The smallest absolute Gasteiger partial charge is 0.186 e. The van der Waals surface area contributed by atoms with E-state index in [4.69, 9.17) is 29.2 Å². The van der Waals surface area contributed by atoms with Crippen LogP contribution >= 0.6 is 0 Å². The van der Waals surface area contributed by atoms with Crippen LogP contribution in [0.15, 0.2) is 36.5 Å². The Morgan fingerprint density at radius 2 is 1.54 bits per heavy atom. The maximum absolute atomic E-state index is 11.9. The van der Waals surface area contributed by atoms with Crippen molar-refractivity contribution < 1.29 is 48.9 Å². The molecule has 1 aliphatic heterocycles. The van der Waals surface area contributed by atoms with Crippen molar-refractivity contribution in [3.05, 3.63) is 42.1 Å². The van der Waals surface area contributed by atoms with Gasteiger partial charge < -0.3 is 64.4 Å². The summed E-state index contributed by atoms with van der Waals surface area (Å²) in [6.45, 7) is 34.2. The average molecular weight is 973 g/mol. The number of carbonyl (C=O) groups is 1. The molecule has 3 rings (SSSR count). The average Bonchev–Trinajstić information content (AvgIpc) is 3.32. The molecule has 0 saturated carbocycles. The Morgan fingerprint density at radius 3 is 2.04 bits per heavy atom. The molecule has 6 N–H and O–H groups in total. The molecule has 0 radical (unpaired) electrons. The predicted octanol–water partition coefficient (Wildman–Crippen LogP) is 8.68. The number of para-hydroxylation sites is 1. The number of hydrogen-bond acceptors (Lipinski definition) is 14. The second-order valence-corrected chi connectivity index (χ2v) is 17.6. The number of aliphatic hydroxyl groups is 4. The lowest BCUT2D eigenvalue weighted by atomic mass is 9.78. The molecule has 1 aromatic carbocycles. The third kappa shape index (κ3) is 31.9. The highest BCUT2D eigenvalue weighted by Crippen LogP contribution is 2.35. The number of rotatable bonds is 24. The molecule has 1 fully saturated rings. The van der Waals surface area contributed by atoms with Crippen LogP contribution in [0.25, 0.3) is 10.9 Å². The zero-order chi connectivity index (χ0) is 53.4. The van der Waals surface area contributed by atoms with Crippen molar-refractivity contribution in [2.24, 2.45) is 17.8 Å². The van der Waals surface area contributed by atoms with Gasteiger partial charge in [0.05, 0.1) is 47.7 Å². The summed E-state index contributed by atoms with van der Waals surface area (Å²) in [4.78, 5) is 18.3. The number of likely N-dealkylation sites (N-methyl/N-ethyl adjacent to an activating group) is 1. The number of aromatic nitrogens is 1. The van der Waals surface area contributed by atoms with Gasteiger partial charge in [-0.1, -0.05) is 94.4 Å². The lowest BCUT2D eigenvalue weighted by Crippen LogP contribution is -2.59. The van der Waals surface area contributed by atoms with Gasteiger partial charge in [-0.25, -0.2) is 0 Å². The molecular formula is C54H108N4O10. The molecule has 2 aromatic rings. The molecule has 0 spiro atoms. The van der Waals surface area contributed by atoms with Gasteiger partial charge in [-0.3, -0.25) is 4.98 Å². The van der Waals surface area contributed by atoms with Crippen LogP contribution in [0.4, 0.5) is 0 Å². The Labute approximate surface area is 417 Å². The Hall–Kier alpha value is -2.18. The molecule has 68 heavy (non-hydrogen) atoms. The SMILES string of the molecule is CC.CC.CC.CCC(C)O.CCCOC(C)[C@@H](C)O.CNC[C@H](C)C[C@@](C)(O)[C@H](OC1OC(C)CC(N(C)C)[C@H]1OCCCNCc1cnc2ccccc2c1)[C@@H](C)[C@H](O)C(C)C=O.COC. The van der Waals surface area contributed by atoms with E-state index < -0.39 is 42.0 Å². The minimum Gasteiger partial charge on any atom is -0.393 e. The number of aldehydes is 1. The summed E-state index contributed by atoms with van der Waals surface area (Å²) in [5, 5.41) is 48.0. The van der Waals surface area contributed by atoms with E-state index in [1.54, 1.807) is 41.9 Å². The number of benzene rings is 1. The van der Waals surface area contributed by atoms with Gasteiger partial charge in [-0.15, -0.1) is 0 Å². The second kappa shape index (κ2) is 44.7. The first kappa shape index (κ1) is 72.4. The number of nitrogens with one attached hydrogen (secondary N) is 2. The molecule has 1 saturated heterocycles. The van der Waals surface area contributed by atoms with E-state index >= 15 is 0 Å². The minimum absolute atomic E-state index is 0.0232. The molecule has 1 aliphatic rings. The fraction of sp³-hybridized carbons (Fsp3) is 0.815. The molecule has 0 bridgehead atoms. The van der Waals surface area contributed by atoms with Crippen molar-refractivity contribution in [2.75, 3.05) is 61.7 Å². The van der Waals surface area contributed by atoms with E-state index in [2.05, 4.69) is 51.2 Å². The molecule has 404 valence electrons. The lowest BCUT2D eigenvalue weighted by molar-refractivity contribution is -0.306. The quantitative estimate of drug-likeness (QED) is 0.0434. The predicted molar refractivity (Wildman–Crippen MR) is 284 cm³/mol. The Balaban J connectivity index is -0.000000742. The largest absolute Gasteiger partial charge is 0.393 e. The summed E-state index contributed by atoms with van der Waals surface area (Å²) in [5.41, 5.74) is 0.820. The van der Waals surface area contributed by atoms with Crippen molar-refractivity contribution in [2.45, 2.75) is 210 Å². The van der Waals surface area contributed by atoms with Crippen LogP contribution in [0.2, 0.25) is 0 Å². The summed E-state index contributed by atoms with van der Waals surface area (Å²) in [5.74, 6) is -1.01. The van der Waals surface area contributed by atoms with Crippen molar-refractivity contribution in [1.82, 2.24) is 20.5 Å². The molecule has 0 aliphatic carbocycles. The Bertz CT molecular complexity index is 1400. The highest BCUT2D eigenvalue weighted by molar-refractivity contribution is 5.78. The maximum atomic E-state index is 11.9. The van der Waals surface area contributed by atoms with Gasteiger partial charge in [-0.2, -0.15) is 0 Å². The van der Waals surface area contributed by atoms with Crippen LogP contribution in [0.5, 0.6) is 0 Å². The van der Waals surface area contributed by atoms with Gasteiger partial charge >= 0.3 is 0 Å². The van der Waals surface area contributed by atoms with Gasteiger partial charge in [-0.05, 0) is 125 Å². The van der Waals surface area contributed by atoms with Crippen molar-refractivity contribution in [3.8, 4) is 0 Å². The van der Waals surface area contributed by atoms with Crippen LogP contribution in [0.3, 0.4) is 0 Å². The lowest BCUT2D eigenvalue weighted by Gasteiger charge is -2.47. The normalized spacial score (nSPS) is 20.7. The number of fused-ring (bicyclic) bond motifs is 1. The van der Waals surface area contributed by atoms with Gasteiger partial charge in [0.15, 0.2) is 6.29 Å². The fourth-order valence-corrected chi connectivity index (χ4v) is 7.09. The Morgan fingerprint density at radius 1 is 0.971 bits per heavy atom. The molecule has 14 nitrogen and oxygen atoms in total. The first-order valence-corrected chi connectivity index (χ1v) is 25.8. The van der Waals surface area contributed by atoms with Gasteiger partial charge in [0, 0.05) is 63.4 Å². The second-order valence-electron chi connectivity index (χ2n) is 17.6. The zero-order valence-corrected chi connectivity index (χ0v) is 47.2. The number of carbonyl (C=O) groups excluding carboxylic acids is 1. The number of methoxy groups -OCH3 is 1. The molecule has 1 aromatic heterocycles. The third-order valence-electron chi connectivity index (χ3n) is 10.9. The third-order valence-corrected chi connectivity index (χ3v) is 10.9. The summed E-state index contributed by atoms with van der Waals surface area (Å²) >= 11 is 0. The van der Waals surface area contributed by atoms with Crippen LogP contribution < -0.4 is 10.6 Å². The molecular weight excluding hydrogens is 865 g/mol. The molecule has 14 heteroatoms. The van der Waals surface area contributed by atoms with Crippen molar-refractivity contribution in [3.63, 3.8) is 0 Å². The van der Waals surface area contributed by atoms with Crippen molar-refractivity contribution in [1.29, 1.82) is 0 Å². The first-order chi connectivity index (χ1) is 32.2. The van der Waals surface area contributed by atoms with E-state index in [1.165, 1.54) is 0 Å². The van der Waals surface area contributed by atoms with Gasteiger partial charge in [0.25, 0.3) is 0 Å². The Kier molecular flexibility index (Phi) is 47.6. The van der Waals surface area contributed by atoms with E-state index in [1.807, 2.05) is 115 Å². The number of ether oxygens (including phenoxy) is 5. The number of hydrogen-bond donors (Lipinski definition) is 6. The van der Waals surface area contributed by atoms with E-state index in [9.17, 15) is 15.0 Å². The van der Waals surface area contributed by atoms with Gasteiger partial charge in [0.2, 0.25) is 0 Å². The number of nitrogens with zero attached hydrogens (tertiary/aromatic N) is 2. The number of pyridine rings is 1. The standard InChI is InChI=1S/C35H58N4O6.C7H16O2.C4H10O.C2H6O.3C2H6/c1-23(19-36-6)18-35(5,42)33(26(4)31(41)24(2)22-40)45-34-32(30(39(7)8)16-25(3)44-34)43-15-11-14-37-20-27-17-28-12-9-10-13-29(28)38-21-27;1-4-5-9-7(3)6(2)8;1-3-4(2)5;1-3-2;3*1-2/h9-10,12-13,17,21-26,30-34,36-37,41-42H,11,14-16,18-20H2,1-8H3;6-8H,4-5H2,1-3H3;4-5H,3H2,1-2H3;1-2H3;3*1-2H3/t23-,24?,25?,26+,30?,31-,32-,33-,34?,35-;6-,7?;;;;;/m11...../s1. The summed E-state index contributed by atoms with van der Waals surface area (Å²) in [6, 6.07) is 10.3. The summed E-state index contributed by atoms with van der Waals surface area (Å²) in [6.07, 6.45) is 2.95. The summed E-state index contributed by atoms with van der Waals surface area (Å²) < 4.78 is 29.0. The van der Waals surface area contributed by atoms with Crippen LogP contribution in [-0.2, 0) is 35.0 Å². The van der Waals surface area contributed by atoms with Crippen LogP contribution in [-0.4, -0.2) is 159 Å². The molecule has 0 amide bonds. The van der Waals surface area contributed by atoms with Crippen LogP contribution in [0, 0.1) is 17.8 Å². The van der Waals surface area contributed by atoms with Gasteiger partial charge in [0.1, 0.15) is 12.4 Å². The van der Waals surface area contributed by atoms with Crippen molar-refractivity contribution >= 4 is 17.2 Å². The summed E-state index contributed by atoms with van der Waals surface area (Å²) in [7, 11) is 9.19. The highest BCUT2D eigenvalue weighted by atomic mass is 16.7. The number of aliphatic hydroxyl groups excluding tert-OH is 3. The van der Waals surface area contributed by atoms with E-state index in [0.29, 0.717) is 13.0 Å². The van der Waals surface area contributed by atoms with Crippen LogP contribution in [0.1, 0.15) is 148 Å². The molecule has 13 atom stereocenters. The van der Waals surface area contributed by atoms with E-state index in [0.717, 1.165) is 74.7 Å². The highest BCUT2D eigenvalue weighted by Gasteiger charge is 2.47. The topological polar surface area (TPSA) is 184 Å². The fourth-order valence-electron chi connectivity index (χ4n) is 7.09. The zero-order valence-electron chi connectivity index (χ0n) is 47.2. The maximum Gasteiger partial charge on any atom is 0.186 e. The monoisotopic (exact) mass is 973 g/mol. The molecule has 2 heterocycles.